The Balaban J connectivity index is 1.41. The van der Waals surface area contributed by atoms with E-state index in [1.54, 1.807) is 4.90 Å². The lowest BCUT2D eigenvalue weighted by molar-refractivity contribution is -1.02. The molecule has 3 rings (SSSR count). The average Bonchev–Trinajstić information content (AvgIpc) is 2.70. The average molecular weight is 387 g/mol. The van der Waals surface area contributed by atoms with Gasteiger partial charge in [-0.05, 0) is 24.6 Å². The Morgan fingerprint density at radius 1 is 1.00 bits per heavy atom. The molecule has 0 radical (unpaired) electrons. The van der Waals surface area contributed by atoms with Gasteiger partial charge in [0.05, 0.1) is 5.71 Å². The van der Waals surface area contributed by atoms with E-state index in [0.29, 0.717) is 6.54 Å². The first kappa shape index (κ1) is 19.5. The fourth-order valence-corrected chi connectivity index (χ4v) is 3.48. The summed E-state index contributed by atoms with van der Waals surface area (Å²) in [7, 11) is 0. The number of quaternary nitrogens is 2. The van der Waals surface area contributed by atoms with Gasteiger partial charge in [-0.25, -0.2) is 5.43 Å². The van der Waals surface area contributed by atoms with Gasteiger partial charge in [-0.2, -0.15) is 5.10 Å². The third-order valence-electron chi connectivity index (χ3n) is 4.98. The molecule has 5 nitrogen and oxygen atoms in total. The van der Waals surface area contributed by atoms with E-state index in [1.807, 2.05) is 49.4 Å². The Kier molecular flexibility index (Phi) is 6.98. The molecular formula is C21H27ClN4O+2. The van der Waals surface area contributed by atoms with E-state index in [0.717, 1.165) is 49.0 Å². The Hall–Kier alpha value is -2.21. The number of amides is 1. The van der Waals surface area contributed by atoms with Crippen molar-refractivity contribution in [1.82, 2.24) is 5.43 Å². The van der Waals surface area contributed by atoms with E-state index in [1.165, 1.54) is 10.5 Å². The second-order valence-corrected chi connectivity index (χ2v) is 7.51. The van der Waals surface area contributed by atoms with Crippen molar-refractivity contribution >= 4 is 23.2 Å². The van der Waals surface area contributed by atoms with Gasteiger partial charge in [0.25, 0.3) is 5.91 Å². The van der Waals surface area contributed by atoms with Crippen LogP contribution in [0.5, 0.6) is 0 Å². The van der Waals surface area contributed by atoms with E-state index < -0.39 is 0 Å². The van der Waals surface area contributed by atoms with E-state index in [4.69, 9.17) is 11.6 Å². The first-order valence-corrected chi connectivity index (χ1v) is 9.78. The van der Waals surface area contributed by atoms with Crippen molar-refractivity contribution < 1.29 is 14.6 Å². The van der Waals surface area contributed by atoms with Crippen LogP contribution in [-0.2, 0) is 11.3 Å². The summed E-state index contributed by atoms with van der Waals surface area (Å²) in [4.78, 5) is 15.1. The zero-order valence-corrected chi connectivity index (χ0v) is 16.4. The summed E-state index contributed by atoms with van der Waals surface area (Å²) in [5, 5.41) is 5.00. The van der Waals surface area contributed by atoms with Crippen LogP contribution in [0.15, 0.2) is 59.7 Å². The molecule has 1 aliphatic heterocycles. The molecule has 142 valence electrons. The predicted molar refractivity (Wildman–Crippen MR) is 108 cm³/mol. The molecule has 27 heavy (non-hydrogen) atoms. The van der Waals surface area contributed by atoms with Gasteiger partial charge < -0.3 is 9.80 Å². The highest BCUT2D eigenvalue weighted by Crippen LogP contribution is 2.08. The molecule has 0 bridgehead atoms. The van der Waals surface area contributed by atoms with Gasteiger partial charge in [-0.1, -0.05) is 54.1 Å². The van der Waals surface area contributed by atoms with Crippen molar-refractivity contribution in [3.05, 3.63) is 70.7 Å². The standard InChI is InChI=1S/C21H25ClN4O/c1-17(19-5-3-2-4-6-19)23-24-21(27)16-26-13-11-25(12-14-26)15-18-7-9-20(22)10-8-18/h2-10H,11-16H2,1H3,(H,24,27)/p+2/b23-17-. The summed E-state index contributed by atoms with van der Waals surface area (Å²) in [6.07, 6.45) is 0. The summed E-state index contributed by atoms with van der Waals surface area (Å²) in [5.41, 5.74) is 5.83. The van der Waals surface area contributed by atoms with Gasteiger partial charge >= 0.3 is 0 Å². The van der Waals surface area contributed by atoms with Crippen molar-refractivity contribution in [3.8, 4) is 0 Å². The molecule has 1 fully saturated rings. The Morgan fingerprint density at radius 2 is 1.63 bits per heavy atom. The minimum absolute atomic E-state index is 0.0265. The predicted octanol–water partition coefficient (Wildman–Crippen LogP) is 0.164. The minimum Gasteiger partial charge on any atom is -0.322 e. The number of nitrogens with zero attached hydrogens (tertiary/aromatic N) is 1. The van der Waals surface area contributed by atoms with Crippen LogP contribution >= 0.6 is 11.6 Å². The summed E-state index contributed by atoms with van der Waals surface area (Å²) >= 11 is 5.94. The molecule has 6 heteroatoms. The smallest absolute Gasteiger partial charge is 0.295 e. The third kappa shape index (κ3) is 6.17. The Bertz CT molecular complexity index is 769. The lowest BCUT2D eigenvalue weighted by Gasteiger charge is -2.29. The van der Waals surface area contributed by atoms with E-state index in [-0.39, 0.29) is 5.91 Å². The molecule has 0 spiro atoms. The van der Waals surface area contributed by atoms with Crippen molar-refractivity contribution in [1.29, 1.82) is 0 Å². The highest BCUT2D eigenvalue weighted by atomic mass is 35.5. The number of piperazine rings is 1. The number of benzene rings is 2. The molecule has 3 N–H and O–H groups in total. The highest BCUT2D eigenvalue weighted by Gasteiger charge is 2.24. The van der Waals surface area contributed by atoms with Crippen LogP contribution < -0.4 is 15.2 Å². The molecule has 0 saturated carbocycles. The zero-order chi connectivity index (χ0) is 19.1. The van der Waals surface area contributed by atoms with Crippen LogP contribution in [0.4, 0.5) is 0 Å². The summed E-state index contributed by atoms with van der Waals surface area (Å²) in [6, 6.07) is 17.9. The molecule has 0 aliphatic carbocycles. The van der Waals surface area contributed by atoms with Crippen LogP contribution in [0.1, 0.15) is 18.1 Å². The van der Waals surface area contributed by atoms with Crippen LogP contribution in [0.3, 0.4) is 0 Å². The molecule has 0 unspecified atom stereocenters. The number of rotatable bonds is 6. The van der Waals surface area contributed by atoms with Gasteiger partial charge in [0.2, 0.25) is 0 Å². The topological polar surface area (TPSA) is 50.3 Å². The highest BCUT2D eigenvalue weighted by molar-refractivity contribution is 6.30. The zero-order valence-electron chi connectivity index (χ0n) is 15.7. The third-order valence-corrected chi connectivity index (χ3v) is 5.23. The number of hydrogen-bond acceptors (Lipinski definition) is 2. The number of nitrogens with one attached hydrogen (secondary N) is 3. The van der Waals surface area contributed by atoms with Gasteiger partial charge in [-0.3, -0.25) is 4.79 Å². The van der Waals surface area contributed by atoms with Crippen LogP contribution in [0.2, 0.25) is 5.02 Å². The van der Waals surface area contributed by atoms with Crippen LogP contribution in [0, 0.1) is 0 Å². The molecule has 1 heterocycles. The van der Waals surface area contributed by atoms with Crippen molar-refractivity contribution in [3.63, 3.8) is 0 Å². The van der Waals surface area contributed by atoms with Crippen LogP contribution in [-0.4, -0.2) is 44.3 Å². The van der Waals surface area contributed by atoms with Gasteiger partial charge in [-0.15, -0.1) is 0 Å². The first-order chi connectivity index (χ1) is 13.1. The van der Waals surface area contributed by atoms with E-state index >= 15 is 0 Å². The second-order valence-electron chi connectivity index (χ2n) is 7.08. The molecule has 1 amide bonds. The SMILES string of the molecule is C/C(=N/NC(=O)C[NH+]1CC[NH+](Cc2ccc(Cl)cc2)CC1)c1ccccc1. The summed E-state index contributed by atoms with van der Waals surface area (Å²) in [6.45, 7) is 7.52. The fraction of sp³-hybridized carbons (Fsp3) is 0.333. The number of hydrogen-bond donors (Lipinski definition) is 3. The molecule has 0 atom stereocenters. The van der Waals surface area contributed by atoms with Crippen molar-refractivity contribution in [2.24, 2.45) is 5.10 Å². The number of carbonyl (C=O) groups is 1. The van der Waals surface area contributed by atoms with Gasteiger partial charge in [0, 0.05) is 10.6 Å². The molecule has 2 aromatic rings. The van der Waals surface area contributed by atoms with Gasteiger partial charge in [0.1, 0.15) is 32.7 Å². The quantitative estimate of drug-likeness (QED) is 0.481. The Labute approximate surface area is 165 Å². The van der Waals surface area contributed by atoms with Crippen LogP contribution in [0.25, 0.3) is 0 Å². The molecule has 1 aliphatic rings. The maximum Gasteiger partial charge on any atom is 0.295 e. The molecule has 0 aromatic heterocycles. The minimum atomic E-state index is -0.0265. The lowest BCUT2D eigenvalue weighted by Crippen LogP contribution is -3.28. The maximum absolute atomic E-state index is 12.2. The molecule has 1 saturated heterocycles. The number of halogens is 1. The summed E-state index contributed by atoms with van der Waals surface area (Å²) < 4.78 is 0. The second kappa shape index (κ2) is 9.65. The largest absolute Gasteiger partial charge is 0.322 e. The maximum atomic E-state index is 12.2. The van der Waals surface area contributed by atoms with Crippen molar-refractivity contribution in [2.45, 2.75) is 13.5 Å². The molecular weight excluding hydrogens is 360 g/mol. The van der Waals surface area contributed by atoms with Gasteiger partial charge in [0.15, 0.2) is 6.54 Å². The number of carbonyl (C=O) groups excluding carboxylic acids is 1. The normalized spacial score (nSPS) is 20.3. The molecule has 2 aromatic carbocycles. The van der Waals surface area contributed by atoms with E-state index in [2.05, 4.69) is 22.7 Å². The number of hydrazone groups is 1. The lowest BCUT2D eigenvalue weighted by atomic mass is 10.1. The Morgan fingerprint density at radius 3 is 2.30 bits per heavy atom. The first-order valence-electron chi connectivity index (χ1n) is 9.40. The van der Waals surface area contributed by atoms with Crippen molar-refractivity contribution in [2.75, 3.05) is 32.7 Å². The van der Waals surface area contributed by atoms with E-state index in [9.17, 15) is 4.79 Å². The fourth-order valence-electron chi connectivity index (χ4n) is 3.36. The summed E-state index contributed by atoms with van der Waals surface area (Å²) in [5.74, 6) is -0.0265. The monoisotopic (exact) mass is 386 g/mol.